The third-order valence-corrected chi connectivity index (χ3v) is 4.43. The molecule has 0 fully saturated rings. The van der Waals surface area contributed by atoms with Gasteiger partial charge in [0.25, 0.3) is 0 Å². The second kappa shape index (κ2) is 7.44. The number of aromatic nitrogens is 3. The van der Waals surface area contributed by atoms with Gasteiger partial charge in [0.15, 0.2) is 5.69 Å². The largest absolute Gasteiger partial charge is 0.476 e. The lowest BCUT2D eigenvalue weighted by molar-refractivity contribution is -0.132. The number of carbonyl (C=O) groups excluding carboxylic acids is 1. The van der Waals surface area contributed by atoms with Crippen molar-refractivity contribution in [2.24, 2.45) is 0 Å². The fourth-order valence-corrected chi connectivity index (χ4v) is 2.46. The number of carbonyl (C=O) groups is 2. The van der Waals surface area contributed by atoms with Crippen LogP contribution in [0.4, 0.5) is 0 Å². The summed E-state index contributed by atoms with van der Waals surface area (Å²) in [5, 5.41) is 16.6. The number of hydrogen-bond donors (Lipinski definition) is 1. The third kappa shape index (κ3) is 4.11. The number of hydrogen-bond acceptors (Lipinski definition) is 4. The van der Waals surface area contributed by atoms with E-state index in [4.69, 9.17) is 16.7 Å². The first-order valence-electron chi connectivity index (χ1n) is 7.44. The maximum absolute atomic E-state index is 12.4. The highest BCUT2D eigenvalue weighted by atomic mass is 35.5. The molecule has 2 unspecified atom stereocenters. The summed E-state index contributed by atoms with van der Waals surface area (Å²) in [6, 6.07) is 7.48. The fraction of sp³-hybridized carbons (Fsp3) is 0.375. The van der Waals surface area contributed by atoms with E-state index in [1.165, 1.54) is 10.9 Å². The van der Waals surface area contributed by atoms with Crippen LogP contribution in [0.2, 0.25) is 5.02 Å². The van der Waals surface area contributed by atoms with Crippen LogP contribution in [0.5, 0.6) is 0 Å². The maximum atomic E-state index is 12.4. The van der Waals surface area contributed by atoms with E-state index >= 15 is 0 Å². The molecule has 0 bridgehead atoms. The summed E-state index contributed by atoms with van der Waals surface area (Å²) in [6.45, 7) is 3.94. The summed E-state index contributed by atoms with van der Waals surface area (Å²) >= 11 is 5.90. The summed E-state index contributed by atoms with van der Waals surface area (Å²) in [4.78, 5) is 24.8. The van der Waals surface area contributed by atoms with E-state index in [2.05, 4.69) is 10.3 Å². The molecule has 1 aromatic carbocycles. The van der Waals surface area contributed by atoms with Crippen molar-refractivity contribution in [1.29, 1.82) is 0 Å². The van der Waals surface area contributed by atoms with Crippen molar-refractivity contribution in [3.05, 3.63) is 46.7 Å². The first-order chi connectivity index (χ1) is 11.3. The Bertz CT molecular complexity index is 729. The average Bonchev–Trinajstić information content (AvgIpc) is 3.02. The fourth-order valence-electron chi connectivity index (χ4n) is 2.33. The molecule has 0 aliphatic carbocycles. The molecule has 0 spiro atoms. The highest BCUT2D eigenvalue weighted by Gasteiger charge is 2.23. The highest BCUT2D eigenvalue weighted by Crippen LogP contribution is 2.24. The second-order valence-electron chi connectivity index (χ2n) is 5.69. The predicted octanol–water partition coefficient (Wildman–Crippen LogP) is 2.28. The number of halogens is 1. The van der Waals surface area contributed by atoms with Gasteiger partial charge in [-0.3, -0.25) is 4.79 Å². The molecule has 1 amide bonds. The third-order valence-electron chi connectivity index (χ3n) is 4.18. The van der Waals surface area contributed by atoms with E-state index in [0.29, 0.717) is 5.02 Å². The molecule has 7 nitrogen and oxygen atoms in total. The topological polar surface area (TPSA) is 88.3 Å². The molecule has 2 rings (SSSR count). The first kappa shape index (κ1) is 17.9. The van der Waals surface area contributed by atoms with E-state index < -0.39 is 5.97 Å². The average molecular weight is 351 g/mol. The van der Waals surface area contributed by atoms with E-state index in [0.717, 1.165) is 5.56 Å². The second-order valence-corrected chi connectivity index (χ2v) is 6.13. The van der Waals surface area contributed by atoms with E-state index in [-0.39, 0.29) is 30.1 Å². The van der Waals surface area contributed by atoms with Crippen molar-refractivity contribution in [3.8, 4) is 0 Å². The van der Waals surface area contributed by atoms with Gasteiger partial charge in [-0.25, -0.2) is 9.48 Å². The lowest BCUT2D eigenvalue weighted by Gasteiger charge is -2.30. The number of aromatic carboxylic acids is 1. The molecule has 24 heavy (non-hydrogen) atoms. The minimum absolute atomic E-state index is 0.0545. The van der Waals surface area contributed by atoms with Crippen molar-refractivity contribution in [2.45, 2.75) is 32.4 Å². The molecule has 128 valence electrons. The Morgan fingerprint density at radius 1 is 1.29 bits per heavy atom. The molecule has 1 aromatic heterocycles. The number of nitrogens with zero attached hydrogens (tertiary/aromatic N) is 4. The zero-order valence-corrected chi connectivity index (χ0v) is 14.4. The van der Waals surface area contributed by atoms with Crippen molar-refractivity contribution < 1.29 is 14.7 Å². The molecule has 0 radical (unpaired) electrons. The molecule has 0 aliphatic heterocycles. The molecular formula is C16H19ClN4O3. The minimum Gasteiger partial charge on any atom is -0.476 e. The van der Waals surface area contributed by atoms with Crippen LogP contribution >= 0.6 is 11.6 Å². The quantitative estimate of drug-likeness (QED) is 0.863. The van der Waals surface area contributed by atoms with Crippen molar-refractivity contribution in [1.82, 2.24) is 19.9 Å². The summed E-state index contributed by atoms with van der Waals surface area (Å²) in [5.74, 6) is -1.24. The van der Waals surface area contributed by atoms with Crippen LogP contribution in [0.3, 0.4) is 0 Å². The van der Waals surface area contributed by atoms with Crippen LogP contribution in [0.25, 0.3) is 0 Å². The highest BCUT2D eigenvalue weighted by molar-refractivity contribution is 6.30. The molecule has 1 N–H and O–H groups in total. The zero-order valence-electron chi connectivity index (χ0n) is 13.7. The summed E-state index contributed by atoms with van der Waals surface area (Å²) in [6.07, 6.45) is 1.24. The number of amides is 1. The number of likely N-dealkylation sites (N-methyl/N-ethyl adjacent to an activating group) is 1. The minimum atomic E-state index is -1.17. The summed E-state index contributed by atoms with van der Waals surface area (Å²) in [5.41, 5.74) is 0.897. The van der Waals surface area contributed by atoms with Gasteiger partial charge in [0.1, 0.15) is 6.54 Å². The molecular weight excluding hydrogens is 332 g/mol. The van der Waals surface area contributed by atoms with Crippen LogP contribution in [-0.4, -0.2) is 50.0 Å². The lowest BCUT2D eigenvalue weighted by atomic mass is 9.93. The summed E-state index contributed by atoms with van der Waals surface area (Å²) < 4.78 is 1.22. The lowest BCUT2D eigenvalue weighted by Crippen LogP contribution is -2.40. The monoisotopic (exact) mass is 350 g/mol. The molecule has 0 saturated carbocycles. The van der Waals surface area contributed by atoms with Gasteiger partial charge < -0.3 is 10.0 Å². The Morgan fingerprint density at radius 3 is 2.46 bits per heavy atom. The van der Waals surface area contributed by atoms with Crippen molar-refractivity contribution >= 4 is 23.5 Å². The Balaban J connectivity index is 2.02. The molecule has 1 heterocycles. The van der Waals surface area contributed by atoms with Gasteiger partial charge in [0, 0.05) is 24.0 Å². The molecule has 8 heteroatoms. The van der Waals surface area contributed by atoms with Crippen molar-refractivity contribution in [3.63, 3.8) is 0 Å². The SMILES string of the molecule is CC(c1ccc(Cl)cc1)C(C)N(C)C(=O)Cn1cc(C(=O)O)nn1. The standard InChI is InChI=1S/C16H19ClN4O3/c1-10(12-4-6-13(17)7-5-12)11(2)20(3)15(22)9-21-8-14(16(23)24)18-19-21/h4-8,10-11H,9H2,1-3H3,(H,23,24). The Labute approximate surface area is 144 Å². The molecule has 0 aliphatic rings. The van der Waals surface area contributed by atoms with Gasteiger partial charge in [0.05, 0.1) is 6.20 Å². The Morgan fingerprint density at radius 2 is 1.92 bits per heavy atom. The summed E-state index contributed by atoms with van der Waals surface area (Å²) in [7, 11) is 1.72. The van der Waals surface area contributed by atoms with Gasteiger partial charge in [0.2, 0.25) is 5.91 Å². The zero-order chi connectivity index (χ0) is 17.9. The van der Waals surface area contributed by atoms with Crippen LogP contribution < -0.4 is 0 Å². The predicted molar refractivity (Wildman–Crippen MR) is 89.1 cm³/mol. The molecule has 0 saturated heterocycles. The van der Waals surface area contributed by atoms with E-state index in [9.17, 15) is 9.59 Å². The number of carboxylic acid groups (broad SMARTS) is 1. The van der Waals surface area contributed by atoms with E-state index in [1.54, 1.807) is 11.9 Å². The Hall–Kier alpha value is -2.41. The van der Waals surface area contributed by atoms with Crippen LogP contribution in [0, 0.1) is 0 Å². The maximum Gasteiger partial charge on any atom is 0.358 e. The number of carboxylic acids is 1. The van der Waals surface area contributed by atoms with Gasteiger partial charge in [-0.2, -0.15) is 0 Å². The van der Waals surface area contributed by atoms with Gasteiger partial charge >= 0.3 is 5.97 Å². The first-order valence-corrected chi connectivity index (χ1v) is 7.82. The Kier molecular flexibility index (Phi) is 5.56. The van der Waals surface area contributed by atoms with Gasteiger partial charge in [-0.1, -0.05) is 35.9 Å². The van der Waals surface area contributed by atoms with Crippen molar-refractivity contribution in [2.75, 3.05) is 7.05 Å². The van der Waals surface area contributed by atoms with Gasteiger partial charge in [-0.05, 0) is 24.6 Å². The molecule has 2 atom stereocenters. The van der Waals surface area contributed by atoms with Crippen LogP contribution in [0.15, 0.2) is 30.5 Å². The van der Waals surface area contributed by atoms with Crippen LogP contribution in [0.1, 0.15) is 35.8 Å². The normalized spacial score (nSPS) is 13.3. The van der Waals surface area contributed by atoms with Crippen LogP contribution in [-0.2, 0) is 11.3 Å². The number of rotatable bonds is 6. The smallest absolute Gasteiger partial charge is 0.358 e. The molecule has 2 aromatic rings. The van der Waals surface area contributed by atoms with Gasteiger partial charge in [-0.15, -0.1) is 5.10 Å². The number of benzene rings is 1. The van der Waals surface area contributed by atoms with E-state index in [1.807, 2.05) is 38.1 Å².